The average Bonchev–Trinajstić information content (AvgIpc) is 3.24. The monoisotopic (exact) mass is 340 g/mol. The quantitative estimate of drug-likeness (QED) is 0.605. The summed E-state index contributed by atoms with van der Waals surface area (Å²) in [6, 6.07) is 16.0. The molecular weight excluding hydrogens is 324 g/mol. The molecule has 2 aromatic carbocycles. The number of aromatic nitrogens is 3. The van der Waals surface area contributed by atoms with Gasteiger partial charge >= 0.3 is 0 Å². The number of hydrogen-bond acceptors (Lipinski definition) is 4. The zero-order valence-corrected chi connectivity index (χ0v) is 14.0. The Balaban J connectivity index is 1.63. The summed E-state index contributed by atoms with van der Waals surface area (Å²) in [5, 5.41) is 3.50. The van der Waals surface area contributed by atoms with Gasteiger partial charge in [0.2, 0.25) is 0 Å². The molecule has 2 aromatic heterocycles. The smallest absolute Gasteiger partial charge is 0.163 e. The molecule has 0 spiro atoms. The molecule has 1 aliphatic carbocycles. The average molecular weight is 340 g/mol. The molecule has 126 valence electrons. The lowest BCUT2D eigenvalue weighted by Gasteiger charge is -2.10. The first-order valence-corrected chi connectivity index (χ1v) is 8.60. The number of anilines is 2. The van der Waals surface area contributed by atoms with E-state index in [1.165, 1.54) is 0 Å². The summed E-state index contributed by atoms with van der Waals surface area (Å²) >= 11 is 0. The highest BCUT2D eigenvalue weighted by Crippen LogP contribution is 2.32. The van der Waals surface area contributed by atoms with Crippen molar-refractivity contribution in [2.75, 3.05) is 5.32 Å². The molecule has 0 amide bonds. The molecule has 5 heteroatoms. The van der Waals surface area contributed by atoms with Crippen LogP contribution in [0.2, 0.25) is 0 Å². The molecule has 0 aliphatic heterocycles. The van der Waals surface area contributed by atoms with Gasteiger partial charge in [0.15, 0.2) is 11.4 Å². The van der Waals surface area contributed by atoms with E-state index >= 15 is 0 Å². The molecule has 0 radical (unpaired) electrons. The van der Waals surface area contributed by atoms with Gasteiger partial charge in [-0.2, -0.15) is 0 Å². The van der Waals surface area contributed by atoms with Crippen LogP contribution in [0.15, 0.2) is 67.1 Å². The third kappa shape index (κ3) is 2.37. The summed E-state index contributed by atoms with van der Waals surface area (Å²) in [4.78, 5) is 20.8. The van der Waals surface area contributed by atoms with Crippen LogP contribution in [-0.4, -0.2) is 20.2 Å². The molecule has 4 aromatic rings. The van der Waals surface area contributed by atoms with Crippen LogP contribution in [0.1, 0.15) is 22.3 Å². The Morgan fingerprint density at radius 3 is 2.81 bits per heavy atom. The number of nitrogens with zero attached hydrogens (tertiary/aromatic N) is 3. The summed E-state index contributed by atoms with van der Waals surface area (Å²) in [5.74, 6) is 1.12. The van der Waals surface area contributed by atoms with Crippen molar-refractivity contribution in [1.29, 1.82) is 0 Å². The maximum atomic E-state index is 11.9. The number of imidazole rings is 1. The third-order valence-corrected chi connectivity index (χ3v) is 4.77. The van der Waals surface area contributed by atoms with Crippen molar-refractivity contribution in [3.8, 4) is 11.3 Å². The van der Waals surface area contributed by atoms with Gasteiger partial charge in [-0.15, -0.1) is 0 Å². The van der Waals surface area contributed by atoms with Gasteiger partial charge in [-0.05, 0) is 30.2 Å². The Bertz CT molecular complexity index is 1130. The fourth-order valence-corrected chi connectivity index (χ4v) is 3.49. The first-order valence-electron chi connectivity index (χ1n) is 8.60. The lowest BCUT2D eigenvalue weighted by molar-refractivity contribution is 0.0994. The van der Waals surface area contributed by atoms with E-state index in [-0.39, 0.29) is 5.78 Å². The number of aryl methyl sites for hydroxylation is 1. The van der Waals surface area contributed by atoms with E-state index < -0.39 is 0 Å². The second-order valence-corrected chi connectivity index (χ2v) is 6.40. The maximum Gasteiger partial charge on any atom is 0.163 e. The van der Waals surface area contributed by atoms with Crippen LogP contribution in [0, 0.1) is 0 Å². The van der Waals surface area contributed by atoms with Crippen molar-refractivity contribution in [2.45, 2.75) is 12.8 Å². The fraction of sp³-hybridized carbons (Fsp3) is 0.0952. The Kier molecular flexibility index (Phi) is 3.31. The van der Waals surface area contributed by atoms with Crippen molar-refractivity contribution in [3.63, 3.8) is 0 Å². The first kappa shape index (κ1) is 14.8. The van der Waals surface area contributed by atoms with E-state index in [4.69, 9.17) is 4.98 Å². The largest absolute Gasteiger partial charge is 0.339 e. The van der Waals surface area contributed by atoms with Gasteiger partial charge in [0, 0.05) is 35.6 Å². The Hall–Kier alpha value is -3.47. The molecule has 0 bridgehead atoms. The van der Waals surface area contributed by atoms with Crippen molar-refractivity contribution in [1.82, 2.24) is 14.4 Å². The molecular formula is C21H16N4O. The normalized spacial score (nSPS) is 13.2. The van der Waals surface area contributed by atoms with E-state index in [0.717, 1.165) is 46.0 Å². The molecule has 0 fully saturated rings. The molecule has 5 rings (SSSR count). The molecule has 0 saturated heterocycles. The topological polar surface area (TPSA) is 59.3 Å². The van der Waals surface area contributed by atoms with E-state index in [0.29, 0.717) is 6.42 Å². The summed E-state index contributed by atoms with van der Waals surface area (Å²) in [5.41, 5.74) is 5.60. The van der Waals surface area contributed by atoms with Gasteiger partial charge in [-0.1, -0.05) is 30.3 Å². The van der Waals surface area contributed by atoms with E-state index in [1.807, 2.05) is 53.1 Å². The van der Waals surface area contributed by atoms with Crippen molar-refractivity contribution < 1.29 is 4.79 Å². The number of ketones is 1. The number of Topliss-reactive ketones (excluding diaryl/α,β-unsaturated/α-hetero) is 1. The Morgan fingerprint density at radius 1 is 1.04 bits per heavy atom. The molecule has 2 heterocycles. The van der Waals surface area contributed by atoms with Crippen LogP contribution in [0.5, 0.6) is 0 Å². The number of hydrogen-bond donors (Lipinski definition) is 1. The second-order valence-electron chi connectivity index (χ2n) is 6.40. The number of fused-ring (bicyclic) bond motifs is 2. The second kappa shape index (κ2) is 5.81. The molecule has 26 heavy (non-hydrogen) atoms. The highest BCUT2D eigenvalue weighted by atomic mass is 16.1. The van der Waals surface area contributed by atoms with Crippen LogP contribution < -0.4 is 5.32 Å². The Labute approximate surface area is 150 Å². The van der Waals surface area contributed by atoms with Gasteiger partial charge in [-0.3, -0.25) is 14.2 Å². The van der Waals surface area contributed by atoms with E-state index in [2.05, 4.69) is 16.4 Å². The van der Waals surface area contributed by atoms with Gasteiger partial charge in [-0.25, -0.2) is 4.98 Å². The van der Waals surface area contributed by atoms with E-state index in [9.17, 15) is 4.79 Å². The minimum absolute atomic E-state index is 0.234. The molecule has 0 saturated carbocycles. The van der Waals surface area contributed by atoms with Crippen LogP contribution in [0.3, 0.4) is 0 Å². The molecule has 1 aliphatic rings. The molecule has 0 atom stereocenters. The predicted molar refractivity (Wildman–Crippen MR) is 101 cm³/mol. The van der Waals surface area contributed by atoms with Gasteiger partial charge in [0.1, 0.15) is 11.5 Å². The van der Waals surface area contributed by atoms with Crippen molar-refractivity contribution >= 4 is 22.9 Å². The summed E-state index contributed by atoms with van der Waals surface area (Å²) in [6.07, 6.45) is 6.81. The zero-order chi connectivity index (χ0) is 17.5. The standard InChI is InChI=1S/C21H16N4O/c26-18-9-6-15-12-16(7-8-17(15)18)23-21-20(14-4-2-1-3-5-14)24-19-13-22-10-11-25(19)21/h1-5,7-8,10-13,23H,6,9H2. The number of rotatable bonds is 3. The maximum absolute atomic E-state index is 11.9. The number of benzene rings is 2. The summed E-state index contributed by atoms with van der Waals surface area (Å²) in [6.45, 7) is 0. The predicted octanol–water partition coefficient (Wildman–Crippen LogP) is 4.27. The van der Waals surface area contributed by atoms with Crippen LogP contribution in [0.25, 0.3) is 16.9 Å². The minimum Gasteiger partial charge on any atom is -0.339 e. The fourth-order valence-electron chi connectivity index (χ4n) is 3.49. The lowest BCUT2D eigenvalue weighted by atomic mass is 10.1. The van der Waals surface area contributed by atoms with Crippen LogP contribution in [0.4, 0.5) is 11.5 Å². The SMILES string of the molecule is O=C1CCc2cc(Nc3c(-c4ccccc4)nc4cnccn34)ccc21. The lowest BCUT2D eigenvalue weighted by Crippen LogP contribution is -1.98. The Morgan fingerprint density at radius 2 is 1.92 bits per heavy atom. The minimum atomic E-state index is 0.234. The molecule has 0 unspecified atom stereocenters. The number of carbonyl (C=O) groups excluding carboxylic acids is 1. The van der Waals surface area contributed by atoms with Crippen molar-refractivity contribution in [2.24, 2.45) is 0 Å². The first-order chi connectivity index (χ1) is 12.8. The summed E-state index contributed by atoms with van der Waals surface area (Å²) in [7, 11) is 0. The van der Waals surface area contributed by atoms with E-state index in [1.54, 1.807) is 12.4 Å². The van der Waals surface area contributed by atoms with Gasteiger partial charge in [0.25, 0.3) is 0 Å². The van der Waals surface area contributed by atoms with Gasteiger partial charge < -0.3 is 5.32 Å². The molecule has 1 N–H and O–H groups in total. The number of nitrogens with one attached hydrogen (secondary N) is 1. The zero-order valence-electron chi connectivity index (χ0n) is 14.0. The van der Waals surface area contributed by atoms with Gasteiger partial charge in [0.05, 0.1) is 6.20 Å². The highest BCUT2D eigenvalue weighted by Gasteiger charge is 2.20. The van der Waals surface area contributed by atoms with Crippen LogP contribution >= 0.6 is 0 Å². The van der Waals surface area contributed by atoms with Crippen molar-refractivity contribution in [3.05, 3.63) is 78.2 Å². The third-order valence-electron chi connectivity index (χ3n) is 4.77. The van der Waals surface area contributed by atoms with Crippen LogP contribution in [-0.2, 0) is 6.42 Å². The summed E-state index contributed by atoms with van der Waals surface area (Å²) < 4.78 is 1.99. The number of carbonyl (C=O) groups is 1. The molecule has 5 nitrogen and oxygen atoms in total. The highest BCUT2D eigenvalue weighted by molar-refractivity contribution is 6.01.